The van der Waals surface area contributed by atoms with Gasteiger partial charge >= 0.3 is 6.18 Å². The monoisotopic (exact) mass is 264 g/mol. The van der Waals surface area contributed by atoms with Crippen molar-refractivity contribution in [3.8, 4) is 0 Å². The number of anilines is 2. The molecule has 0 amide bonds. The predicted octanol–water partition coefficient (Wildman–Crippen LogP) is 1.91. The standard InChI is InChI=1S/C10H15F3N4O/c1-6(3-4-18-2)15-8-5-7(14)16-9(17-8)10(11,12)13/h5-6H,3-4H2,1-2H3,(H3,14,15,16,17). The SMILES string of the molecule is COCCC(C)Nc1cc(N)nc(C(F)(F)F)n1. The lowest BCUT2D eigenvalue weighted by molar-refractivity contribution is -0.144. The highest BCUT2D eigenvalue weighted by atomic mass is 19.4. The molecule has 0 fully saturated rings. The third-order valence-corrected chi connectivity index (χ3v) is 2.15. The summed E-state index contributed by atoms with van der Waals surface area (Å²) in [5.41, 5.74) is 5.32. The number of halogens is 3. The molecule has 3 N–H and O–H groups in total. The minimum absolute atomic E-state index is 0.0541. The largest absolute Gasteiger partial charge is 0.451 e. The van der Waals surface area contributed by atoms with Gasteiger partial charge in [0.15, 0.2) is 0 Å². The molecule has 0 aliphatic rings. The van der Waals surface area contributed by atoms with Gasteiger partial charge in [-0.15, -0.1) is 0 Å². The van der Waals surface area contributed by atoms with Crippen LogP contribution in [0, 0.1) is 0 Å². The minimum atomic E-state index is -4.61. The van der Waals surface area contributed by atoms with Crippen LogP contribution in [-0.2, 0) is 10.9 Å². The van der Waals surface area contributed by atoms with Crippen LogP contribution in [0.5, 0.6) is 0 Å². The van der Waals surface area contributed by atoms with Gasteiger partial charge in [0.2, 0.25) is 5.82 Å². The van der Waals surface area contributed by atoms with E-state index in [2.05, 4.69) is 15.3 Å². The van der Waals surface area contributed by atoms with Crippen molar-refractivity contribution in [1.29, 1.82) is 0 Å². The van der Waals surface area contributed by atoms with E-state index in [1.54, 1.807) is 7.11 Å². The molecule has 0 spiro atoms. The van der Waals surface area contributed by atoms with Crippen LogP contribution in [0.3, 0.4) is 0 Å². The zero-order valence-corrected chi connectivity index (χ0v) is 10.1. The van der Waals surface area contributed by atoms with Crippen LogP contribution >= 0.6 is 0 Å². The van der Waals surface area contributed by atoms with Crippen molar-refractivity contribution in [3.63, 3.8) is 0 Å². The zero-order chi connectivity index (χ0) is 13.8. The average Bonchev–Trinajstić information content (AvgIpc) is 2.24. The number of nitrogen functional groups attached to an aromatic ring is 1. The Kier molecular flexibility index (Phi) is 4.71. The first-order valence-electron chi connectivity index (χ1n) is 5.30. The van der Waals surface area contributed by atoms with Crippen LogP contribution in [-0.4, -0.2) is 29.7 Å². The number of nitrogens with zero attached hydrogens (tertiary/aromatic N) is 2. The van der Waals surface area contributed by atoms with Crippen LogP contribution in [0.4, 0.5) is 24.8 Å². The van der Waals surface area contributed by atoms with Crippen LogP contribution < -0.4 is 11.1 Å². The van der Waals surface area contributed by atoms with Gasteiger partial charge in [0, 0.05) is 25.8 Å². The predicted molar refractivity (Wildman–Crippen MR) is 61.0 cm³/mol. The number of methoxy groups -OCH3 is 1. The molecule has 0 bridgehead atoms. The molecule has 1 aromatic rings. The van der Waals surface area contributed by atoms with E-state index < -0.39 is 12.0 Å². The summed E-state index contributed by atoms with van der Waals surface area (Å²) >= 11 is 0. The maximum absolute atomic E-state index is 12.5. The van der Waals surface area contributed by atoms with Gasteiger partial charge < -0.3 is 15.8 Å². The highest BCUT2D eigenvalue weighted by Crippen LogP contribution is 2.27. The molecule has 0 aliphatic heterocycles. The van der Waals surface area contributed by atoms with E-state index >= 15 is 0 Å². The highest BCUT2D eigenvalue weighted by Gasteiger charge is 2.35. The third-order valence-electron chi connectivity index (χ3n) is 2.15. The van der Waals surface area contributed by atoms with Crippen molar-refractivity contribution < 1.29 is 17.9 Å². The molecule has 0 saturated heterocycles. The van der Waals surface area contributed by atoms with Gasteiger partial charge in [-0.25, -0.2) is 9.97 Å². The number of alkyl halides is 3. The molecular weight excluding hydrogens is 249 g/mol. The van der Waals surface area contributed by atoms with Crippen molar-refractivity contribution >= 4 is 11.6 Å². The quantitative estimate of drug-likeness (QED) is 0.850. The molecule has 0 radical (unpaired) electrons. The van der Waals surface area contributed by atoms with E-state index in [1.165, 1.54) is 6.07 Å². The molecule has 1 atom stereocenters. The molecule has 1 aromatic heterocycles. The Morgan fingerprint density at radius 3 is 2.67 bits per heavy atom. The second-order valence-electron chi connectivity index (χ2n) is 3.83. The van der Waals surface area contributed by atoms with Gasteiger partial charge in [0.25, 0.3) is 0 Å². The van der Waals surface area contributed by atoms with Crippen molar-refractivity contribution in [2.45, 2.75) is 25.6 Å². The lowest BCUT2D eigenvalue weighted by Crippen LogP contribution is -2.20. The van der Waals surface area contributed by atoms with Gasteiger partial charge in [-0.3, -0.25) is 0 Å². The van der Waals surface area contributed by atoms with E-state index in [4.69, 9.17) is 10.5 Å². The smallest absolute Gasteiger partial charge is 0.385 e. The number of ether oxygens (including phenoxy) is 1. The van der Waals surface area contributed by atoms with Crippen molar-refractivity contribution in [2.24, 2.45) is 0 Å². The van der Waals surface area contributed by atoms with E-state index in [9.17, 15) is 13.2 Å². The molecule has 0 saturated carbocycles. The summed E-state index contributed by atoms with van der Waals surface area (Å²) < 4.78 is 42.3. The number of rotatable bonds is 5. The number of nitrogens with two attached hydrogens (primary N) is 1. The second-order valence-corrected chi connectivity index (χ2v) is 3.83. The molecule has 5 nitrogen and oxygen atoms in total. The van der Waals surface area contributed by atoms with Crippen molar-refractivity contribution in [3.05, 3.63) is 11.9 Å². The Morgan fingerprint density at radius 1 is 1.44 bits per heavy atom. The van der Waals surface area contributed by atoms with Gasteiger partial charge in [-0.1, -0.05) is 0 Å². The van der Waals surface area contributed by atoms with E-state index in [0.717, 1.165) is 0 Å². The van der Waals surface area contributed by atoms with Crippen molar-refractivity contribution in [2.75, 3.05) is 24.8 Å². The fraction of sp³-hybridized carbons (Fsp3) is 0.600. The van der Waals surface area contributed by atoms with Crippen LogP contribution in [0.1, 0.15) is 19.2 Å². The van der Waals surface area contributed by atoms with E-state index in [-0.39, 0.29) is 17.7 Å². The molecule has 1 rings (SSSR count). The zero-order valence-electron chi connectivity index (χ0n) is 10.1. The van der Waals surface area contributed by atoms with Gasteiger partial charge in [-0.05, 0) is 13.3 Å². The molecular formula is C10H15F3N4O. The second kappa shape index (κ2) is 5.85. The minimum Gasteiger partial charge on any atom is -0.385 e. The fourth-order valence-electron chi connectivity index (χ4n) is 1.29. The Balaban J connectivity index is 2.80. The molecule has 0 aromatic carbocycles. The normalized spacial score (nSPS) is 13.4. The molecule has 18 heavy (non-hydrogen) atoms. The number of aromatic nitrogens is 2. The van der Waals surface area contributed by atoms with Gasteiger partial charge in [0.1, 0.15) is 11.6 Å². The lowest BCUT2D eigenvalue weighted by atomic mass is 10.2. The summed E-state index contributed by atoms with van der Waals surface area (Å²) in [4.78, 5) is 6.54. The lowest BCUT2D eigenvalue weighted by Gasteiger charge is -2.15. The van der Waals surface area contributed by atoms with Crippen LogP contribution in [0.25, 0.3) is 0 Å². The van der Waals surface area contributed by atoms with Crippen LogP contribution in [0.15, 0.2) is 6.07 Å². The topological polar surface area (TPSA) is 73.1 Å². The molecule has 102 valence electrons. The Labute approximate surface area is 103 Å². The van der Waals surface area contributed by atoms with Gasteiger partial charge in [-0.2, -0.15) is 13.2 Å². The number of nitrogens with one attached hydrogen (secondary N) is 1. The summed E-state index contributed by atoms with van der Waals surface area (Å²) in [6.45, 7) is 2.31. The van der Waals surface area contributed by atoms with Gasteiger partial charge in [0.05, 0.1) is 0 Å². The summed E-state index contributed by atoms with van der Waals surface area (Å²) in [7, 11) is 1.55. The Hall–Kier alpha value is -1.57. The Bertz CT molecular complexity index is 397. The number of hydrogen-bond acceptors (Lipinski definition) is 5. The molecule has 1 heterocycles. The Morgan fingerprint density at radius 2 is 2.11 bits per heavy atom. The fourth-order valence-corrected chi connectivity index (χ4v) is 1.29. The summed E-state index contributed by atoms with van der Waals surface area (Å²) in [6.07, 6.45) is -3.97. The highest BCUT2D eigenvalue weighted by molar-refractivity contribution is 5.45. The summed E-state index contributed by atoms with van der Waals surface area (Å²) in [5, 5.41) is 2.82. The maximum Gasteiger partial charge on any atom is 0.451 e. The molecule has 0 aliphatic carbocycles. The van der Waals surface area contributed by atoms with Crippen molar-refractivity contribution in [1.82, 2.24) is 9.97 Å². The van der Waals surface area contributed by atoms with Crippen LogP contribution in [0.2, 0.25) is 0 Å². The average molecular weight is 264 g/mol. The first kappa shape index (κ1) is 14.5. The summed E-state index contributed by atoms with van der Waals surface area (Å²) in [5.74, 6) is -1.42. The van der Waals surface area contributed by atoms with E-state index in [0.29, 0.717) is 13.0 Å². The van der Waals surface area contributed by atoms with E-state index in [1.807, 2.05) is 6.92 Å². The third kappa shape index (κ3) is 4.36. The first-order valence-corrected chi connectivity index (χ1v) is 5.30. The molecule has 8 heteroatoms. The summed E-state index contributed by atoms with van der Waals surface area (Å²) in [6, 6.07) is 1.18. The first-order chi connectivity index (χ1) is 8.32. The molecule has 1 unspecified atom stereocenters. The maximum atomic E-state index is 12.5. The number of hydrogen-bond donors (Lipinski definition) is 2.